The van der Waals surface area contributed by atoms with Crippen molar-refractivity contribution in [3.8, 4) is 22.3 Å². The Morgan fingerprint density at radius 2 is 1.05 bits per heavy atom. The number of anilines is 4. The second kappa shape index (κ2) is 8.56. The maximum absolute atomic E-state index is 3.88. The van der Waals surface area contributed by atoms with Crippen LogP contribution in [0.15, 0.2) is 97.6 Å². The standard InChI is InChI=1S/C32H22BN5.Pt/c1-3-7-31-27(5-1)25-11-9-23-19-29(25)33-30-20-24(10-12-26(30)28-6-2-4-8-32(28)38(31)33)37-18-16-35(22-37)14-13-34-15-17-36(23)21-34;/h1-12,15-18,21-22H,13-14H2;/q-4;+4. The molecule has 5 aliphatic heterocycles. The largest absolute Gasteiger partial charge is 4.00 e. The number of hydrogen-bond donors (Lipinski definition) is 0. The van der Waals surface area contributed by atoms with Gasteiger partial charge in [-0.15, -0.1) is 34.6 Å². The first kappa shape index (κ1) is 23.0. The Morgan fingerprint density at radius 1 is 0.564 bits per heavy atom. The van der Waals surface area contributed by atoms with Crippen LogP contribution >= 0.6 is 0 Å². The molecule has 4 aromatic carbocycles. The minimum Gasteiger partial charge on any atom is -0.507 e. The molecule has 0 fully saturated rings. The summed E-state index contributed by atoms with van der Waals surface area (Å²) in [4.78, 5) is 11.3. The Morgan fingerprint density at radius 3 is 1.56 bits per heavy atom. The van der Waals surface area contributed by atoms with Gasteiger partial charge in [0.05, 0.1) is 0 Å². The smallest absolute Gasteiger partial charge is 0.507 e. The normalized spacial score (nSPS) is 17.1. The molecule has 188 valence electrons. The molecular formula is C32H22BN5Pt. The van der Waals surface area contributed by atoms with Crippen LogP contribution in [-0.4, -0.2) is 29.7 Å². The molecular weight excluding hydrogens is 660 g/mol. The van der Waals surface area contributed by atoms with Crippen molar-refractivity contribution >= 4 is 40.5 Å². The molecule has 0 atom stereocenters. The number of benzene rings is 4. The van der Waals surface area contributed by atoms with E-state index in [2.05, 4.69) is 147 Å². The summed E-state index contributed by atoms with van der Waals surface area (Å²) in [5, 5.41) is 0. The third kappa shape index (κ3) is 3.31. The van der Waals surface area contributed by atoms with Crippen molar-refractivity contribution in [2.45, 2.75) is 0 Å². The van der Waals surface area contributed by atoms with Gasteiger partial charge < -0.3 is 24.4 Å². The Kier molecular flexibility index (Phi) is 5.06. The average molecular weight is 682 g/mol. The summed E-state index contributed by atoms with van der Waals surface area (Å²) >= 11 is 0. The quantitative estimate of drug-likeness (QED) is 0.198. The van der Waals surface area contributed by atoms with Gasteiger partial charge in [-0.3, -0.25) is 0 Å². The molecule has 0 aromatic heterocycles. The van der Waals surface area contributed by atoms with Crippen LogP contribution in [0.25, 0.3) is 22.3 Å². The van der Waals surface area contributed by atoms with E-state index >= 15 is 0 Å². The van der Waals surface area contributed by atoms with Crippen molar-refractivity contribution in [2.24, 2.45) is 0 Å². The van der Waals surface area contributed by atoms with Crippen LogP contribution < -0.4 is 25.5 Å². The molecule has 0 unspecified atom stereocenters. The molecule has 0 aliphatic carbocycles. The third-order valence-corrected chi connectivity index (χ3v) is 8.19. The van der Waals surface area contributed by atoms with Crippen LogP contribution in [0.2, 0.25) is 0 Å². The topological polar surface area (TPSA) is 16.2 Å². The van der Waals surface area contributed by atoms with E-state index in [4.69, 9.17) is 0 Å². The van der Waals surface area contributed by atoms with E-state index in [1.165, 1.54) is 44.6 Å². The average Bonchev–Trinajstić information content (AvgIpc) is 3.65. The Labute approximate surface area is 243 Å². The number of rotatable bonds is 0. The third-order valence-electron chi connectivity index (χ3n) is 8.19. The first-order valence-electron chi connectivity index (χ1n) is 13.1. The van der Waals surface area contributed by atoms with Crippen LogP contribution in [0.5, 0.6) is 0 Å². The van der Waals surface area contributed by atoms with E-state index in [0.29, 0.717) is 0 Å². The number of fused-ring (bicyclic) bond motifs is 14. The number of nitrogens with zero attached hydrogens (tertiary/aromatic N) is 5. The summed E-state index contributed by atoms with van der Waals surface area (Å²) in [7, 11) is 0. The van der Waals surface area contributed by atoms with Gasteiger partial charge in [-0.25, -0.2) is 0 Å². The van der Waals surface area contributed by atoms with E-state index < -0.39 is 0 Å². The van der Waals surface area contributed by atoms with Crippen molar-refractivity contribution in [1.29, 1.82) is 0 Å². The van der Waals surface area contributed by atoms with Crippen molar-refractivity contribution in [2.75, 3.05) is 27.7 Å². The van der Waals surface area contributed by atoms with Gasteiger partial charge in [0, 0.05) is 24.5 Å². The summed E-state index contributed by atoms with van der Waals surface area (Å²) in [6, 6.07) is 34.2. The molecule has 4 aromatic rings. The van der Waals surface area contributed by atoms with E-state index in [0.717, 1.165) is 24.5 Å². The van der Waals surface area contributed by atoms with Crippen LogP contribution in [0.3, 0.4) is 0 Å². The van der Waals surface area contributed by atoms with Gasteiger partial charge in [-0.2, -0.15) is 48.5 Å². The molecule has 0 amide bonds. The van der Waals surface area contributed by atoms with Crippen LogP contribution in [0.1, 0.15) is 0 Å². The molecule has 0 saturated heterocycles. The molecule has 0 spiro atoms. The van der Waals surface area contributed by atoms with Crippen molar-refractivity contribution in [3.63, 3.8) is 0 Å². The van der Waals surface area contributed by atoms with Crippen molar-refractivity contribution in [1.82, 2.24) is 9.80 Å². The van der Waals surface area contributed by atoms with Crippen LogP contribution in [0.4, 0.5) is 22.7 Å². The molecule has 9 rings (SSSR count). The predicted molar refractivity (Wildman–Crippen MR) is 154 cm³/mol. The summed E-state index contributed by atoms with van der Waals surface area (Å²) in [5.41, 5.74) is 11.8. The summed E-state index contributed by atoms with van der Waals surface area (Å²) in [5.74, 6) is 0. The Bertz CT molecular complexity index is 1580. The Hall–Kier alpha value is -3.89. The van der Waals surface area contributed by atoms with Gasteiger partial charge >= 0.3 is 21.1 Å². The van der Waals surface area contributed by atoms with Gasteiger partial charge in [-0.1, -0.05) is 47.5 Å². The zero-order valence-electron chi connectivity index (χ0n) is 20.9. The molecule has 5 heterocycles. The predicted octanol–water partition coefficient (Wildman–Crippen LogP) is 4.63. The van der Waals surface area contributed by atoms with Gasteiger partial charge in [0.25, 0.3) is 6.85 Å². The SMILES string of the molecule is [Pt+4].[c-]1c2ccc3c1B1c4[c-]c(ccc4-c4ccccc4N1c1ccccc1-3)N1C=CN([CH-]1)CCN1C=CN2[CH-]1. The maximum Gasteiger partial charge on any atom is 4.00 e. The monoisotopic (exact) mass is 682 g/mol. The van der Waals surface area contributed by atoms with E-state index in [1.807, 2.05) is 0 Å². The molecule has 5 aliphatic rings. The van der Waals surface area contributed by atoms with E-state index in [-0.39, 0.29) is 27.9 Å². The molecule has 8 bridgehead atoms. The zero-order chi connectivity index (χ0) is 24.8. The summed E-state index contributed by atoms with van der Waals surface area (Å²) in [6.07, 6.45) is 8.54. The van der Waals surface area contributed by atoms with Crippen LogP contribution in [-0.2, 0) is 21.1 Å². The summed E-state index contributed by atoms with van der Waals surface area (Å²) < 4.78 is 0. The molecule has 7 heteroatoms. The van der Waals surface area contributed by atoms with Crippen molar-refractivity contribution in [3.05, 3.63) is 123 Å². The minimum absolute atomic E-state index is 0. The van der Waals surface area contributed by atoms with Gasteiger partial charge in [-0.05, 0) is 36.9 Å². The van der Waals surface area contributed by atoms with Gasteiger partial charge in [0.2, 0.25) is 0 Å². The molecule has 0 N–H and O–H groups in total. The first-order valence-corrected chi connectivity index (χ1v) is 13.1. The van der Waals surface area contributed by atoms with Gasteiger partial charge in [0.1, 0.15) is 0 Å². The fraction of sp³-hybridized carbons (Fsp3) is 0.0625. The van der Waals surface area contributed by atoms with E-state index in [1.54, 1.807) is 0 Å². The summed E-state index contributed by atoms with van der Waals surface area (Å²) in [6.45, 7) is 6.06. The number of hydrogen-bond acceptors (Lipinski definition) is 5. The molecule has 0 saturated carbocycles. The molecule has 39 heavy (non-hydrogen) atoms. The fourth-order valence-corrected chi connectivity index (χ4v) is 6.40. The van der Waals surface area contributed by atoms with Gasteiger partial charge in [0.15, 0.2) is 0 Å². The second-order valence-corrected chi connectivity index (χ2v) is 10.3. The van der Waals surface area contributed by atoms with Crippen molar-refractivity contribution < 1.29 is 21.1 Å². The zero-order valence-corrected chi connectivity index (χ0v) is 23.2. The minimum atomic E-state index is -0.0415. The Balaban J connectivity index is 0.00000235. The first-order chi connectivity index (χ1) is 18.8. The van der Waals surface area contributed by atoms with E-state index in [9.17, 15) is 0 Å². The van der Waals surface area contributed by atoms with Crippen LogP contribution in [0, 0.1) is 25.5 Å². The molecule has 5 nitrogen and oxygen atoms in total. The number of para-hydroxylation sites is 2. The second-order valence-electron chi connectivity index (χ2n) is 10.3. The maximum atomic E-state index is 3.88. The molecule has 0 radical (unpaired) electrons. The fourth-order valence-electron chi connectivity index (χ4n) is 6.40.